The lowest BCUT2D eigenvalue weighted by atomic mass is 9.90. The van der Waals surface area contributed by atoms with E-state index in [-0.39, 0.29) is 11.7 Å². The summed E-state index contributed by atoms with van der Waals surface area (Å²) in [6.45, 7) is 2.37. The highest BCUT2D eigenvalue weighted by Crippen LogP contribution is 2.19. The SMILES string of the molecule is CCC(=O)C1CN=C(c2ccccc2)N=C1c1ccccc1. The molecule has 0 N–H and O–H groups in total. The predicted octanol–water partition coefficient (Wildman–Crippen LogP) is 3.53. The quantitative estimate of drug-likeness (QED) is 0.849. The standard InChI is InChI=1S/C19H18N2O/c1-2-17(22)16-13-20-19(15-11-7-4-8-12-15)21-18(16)14-9-5-3-6-10-14/h3-12,16H,2,13H2,1H3. The molecule has 3 heteroatoms. The first-order valence-corrected chi connectivity index (χ1v) is 7.56. The van der Waals surface area contributed by atoms with E-state index in [1.807, 2.05) is 67.6 Å². The van der Waals surface area contributed by atoms with E-state index in [1.165, 1.54) is 0 Å². The van der Waals surface area contributed by atoms with Crippen LogP contribution in [0.1, 0.15) is 24.5 Å². The molecule has 0 bridgehead atoms. The van der Waals surface area contributed by atoms with E-state index in [0.717, 1.165) is 16.8 Å². The van der Waals surface area contributed by atoms with Crippen molar-refractivity contribution >= 4 is 17.3 Å². The molecule has 2 aromatic rings. The van der Waals surface area contributed by atoms with Crippen LogP contribution >= 0.6 is 0 Å². The van der Waals surface area contributed by atoms with Gasteiger partial charge in [0, 0.05) is 12.0 Å². The van der Waals surface area contributed by atoms with Crippen molar-refractivity contribution in [3.05, 3.63) is 71.8 Å². The molecule has 0 saturated heterocycles. The second kappa shape index (κ2) is 6.48. The van der Waals surface area contributed by atoms with Crippen molar-refractivity contribution in [3.8, 4) is 0 Å². The molecule has 2 aromatic carbocycles. The van der Waals surface area contributed by atoms with Crippen LogP contribution in [0.25, 0.3) is 0 Å². The summed E-state index contributed by atoms with van der Waals surface area (Å²) in [4.78, 5) is 21.5. The molecule has 110 valence electrons. The highest BCUT2D eigenvalue weighted by molar-refractivity contribution is 6.20. The van der Waals surface area contributed by atoms with E-state index >= 15 is 0 Å². The molecule has 1 aliphatic rings. The average Bonchev–Trinajstić information content (AvgIpc) is 2.62. The zero-order chi connectivity index (χ0) is 15.4. The summed E-state index contributed by atoms with van der Waals surface area (Å²) in [6.07, 6.45) is 0.507. The van der Waals surface area contributed by atoms with Gasteiger partial charge in [-0.1, -0.05) is 67.6 Å². The van der Waals surface area contributed by atoms with E-state index in [0.29, 0.717) is 18.8 Å². The first-order chi connectivity index (χ1) is 10.8. The number of benzene rings is 2. The van der Waals surface area contributed by atoms with Crippen LogP contribution in [-0.4, -0.2) is 23.9 Å². The largest absolute Gasteiger partial charge is 0.299 e. The Bertz CT molecular complexity index is 718. The van der Waals surface area contributed by atoms with Gasteiger partial charge in [0.25, 0.3) is 0 Å². The predicted molar refractivity (Wildman–Crippen MR) is 89.6 cm³/mol. The van der Waals surface area contributed by atoms with Crippen LogP contribution in [0.5, 0.6) is 0 Å². The summed E-state index contributed by atoms with van der Waals surface area (Å²) in [5, 5.41) is 0. The molecule has 3 rings (SSSR count). The highest BCUT2D eigenvalue weighted by Gasteiger charge is 2.27. The molecule has 3 nitrogen and oxygen atoms in total. The number of Topliss-reactive ketones (excluding diaryl/α,β-unsaturated/α-hetero) is 1. The summed E-state index contributed by atoms with van der Waals surface area (Å²) >= 11 is 0. The van der Waals surface area contributed by atoms with Crippen LogP contribution in [0.15, 0.2) is 70.6 Å². The van der Waals surface area contributed by atoms with Crippen molar-refractivity contribution in [2.45, 2.75) is 13.3 Å². The Kier molecular flexibility index (Phi) is 4.24. The smallest absolute Gasteiger partial charge is 0.154 e. The maximum Gasteiger partial charge on any atom is 0.154 e. The number of ketones is 1. The number of rotatable bonds is 4. The third-order valence-corrected chi connectivity index (χ3v) is 3.82. The molecule has 0 aromatic heterocycles. The van der Waals surface area contributed by atoms with E-state index < -0.39 is 0 Å². The molecule has 0 spiro atoms. The van der Waals surface area contributed by atoms with Gasteiger partial charge >= 0.3 is 0 Å². The fraction of sp³-hybridized carbons (Fsp3) is 0.211. The molecule has 1 atom stereocenters. The maximum atomic E-state index is 12.2. The van der Waals surface area contributed by atoms with Crippen molar-refractivity contribution in [3.63, 3.8) is 0 Å². The van der Waals surface area contributed by atoms with Gasteiger partial charge in [0.1, 0.15) is 5.78 Å². The first kappa shape index (κ1) is 14.4. The molecule has 0 amide bonds. The number of carbonyl (C=O) groups is 1. The number of carbonyl (C=O) groups excluding carboxylic acids is 1. The van der Waals surface area contributed by atoms with Crippen molar-refractivity contribution in [2.75, 3.05) is 6.54 Å². The minimum absolute atomic E-state index is 0.193. The molecule has 1 aliphatic heterocycles. The van der Waals surface area contributed by atoms with Crippen LogP contribution in [0.4, 0.5) is 0 Å². The minimum atomic E-state index is -0.236. The van der Waals surface area contributed by atoms with Gasteiger partial charge in [0.05, 0.1) is 18.2 Å². The molecule has 1 heterocycles. The molecule has 0 saturated carbocycles. The Morgan fingerprint density at radius 2 is 1.59 bits per heavy atom. The second-order valence-electron chi connectivity index (χ2n) is 5.27. The van der Waals surface area contributed by atoms with Crippen LogP contribution in [-0.2, 0) is 4.79 Å². The van der Waals surface area contributed by atoms with E-state index in [4.69, 9.17) is 4.99 Å². The minimum Gasteiger partial charge on any atom is -0.299 e. The van der Waals surface area contributed by atoms with Crippen LogP contribution in [0, 0.1) is 5.92 Å². The Morgan fingerprint density at radius 1 is 1.00 bits per heavy atom. The molecule has 0 fully saturated rings. The fourth-order valence-corrected chi connectivity index (χ4v) is 2.61. The summed E-state index contributed by atoms with van der Waals surface area (Å²) < 4.78 is 0. The van der Waals surface area contributed by atoms with Gasteiger partial charge in [-0.2, -0.15) is 0 Å². The summed E-state index contributed by atoms with van der Waals surface area (Å²) in [5.74, 6) is 0.665. The lowest BCUT2D eigenvalue weighted by Crippen LogP contribution is -2.31. The monoisotopic (exact) mass is 290 g/mol. The summed E-state index contributed by atoms with van der Waals surface area (Å²) in [5.41, 5.74) is 2.82. The lowest BCUT2D eigenvalue weighted by Gasteiger charge is -2.21. The fourth-order valence-electron chi connectivity index (χ4n) is 2.61. The Balaban J connectivity index is 2.03. The van der Waals surface area contributed by atoms with Gasteiger partial charge in [0.2, 0.25) is 0 Å². The van der Waals surface area contributed by atoms with Crippen molar-refractivity contribution in [1.29, 1.82) is 0 Å². The molecule has 1 unspecified atom stereocenters. The van der Waals surface area contributed by atoms with Gasteiger partial charge in [-0.25, -0.2) is 4.99 Å². The third kappa shape index (κ3) is 2.89. The number of aliphatic imine (C=N–C) groups is 2. The summed E-state index contributed by atoms with van der Waals surface area (Å²) in [7, 11) is 0. The number of hydrogen-bond donors (Lipinski definition) is 0. The van der Waals surface area contributed by atoms with Crippen LogP contribution in [0.2, 0.25) is 0 Å². The lowest BCUT2D eigenvalue weighted by molar-refractivity contribution is -0.120. The number of nitrogens with zero attached hydrogens (tertiary/aromatic N) is 2. The van der Waals surface area contributed by atoms with Gasteiger partial charge < -0.3 is 0 Å². The van der Waals surface area contributed by atoms with Crippen LogP contribution < -0.4 is 0 Å². The van der Waals surface area contributed by atoms with Gasteiger partial charge in [-0.3, -0.25) is 9.79 Å². The number of amidine groups is 1. The van der Waals surface area contributed by atoms with Crippen molar-refractivity contribution < 1.29 is 4.79 Å². The van der Waals surface area contributed by atoms with Crippen molar-refractivity contribution in [2.24, 2.45) is 15.9 Å². The average molecular weight is 290 g/mol. The normalized spacial score (nSPS) is 17.6. The first-order valence-electron chi connectivity index (χ1n) is 7.56. The number of hydrogen-bond acceptors (Lipinski definition) is 3. The molecule has 0 aliphatic carbocycles. The maximum absolute atomic E-state index is 12.2. The van der Waals surface area contributed by atoms with E-state index in [9.17, 15) is 4.79 Å². The van der Waals surface area contributed by atoms with E-state index in [1.54, 1.807) is 0 Å². The Morgan fingerprint density at radius 3 is 2.18 bits per heavy atom. The van der Waals surface area contributed by atoms with Gasteiger partial charge in [-0.05, 0) is 5.56 Å². The van der Waals surface area contributed by atoms with Crippen molar-refractivity contribution in [1.82, 2.24) is 0 Å². The Hall–Kier alpha value is -2.55. The second-order valence-corrected chi connectivity index (χ2v) is 5.27. The molecular formula is C19H18N2O. The summed E-state index contributed by atoms with van der Waals surface area (Å²) in [6, 6.07) is 19.8. The molecule has 22 heavy (non-hydrogen) atoms. The molecule has 0 radical (unpaired) electrons. The van der Waals surface area contributed by atoms with E-state index in [2.05, 4.69) is 4.99 Å². The zero-order valence-corrected chi connectivity index (χ0v) is 12.6. The van der Waals surface area contributed by atoms with Gasteiger partial charge in [0.15, 0.2) is 5.84 Å². The third-order valence-electron chi connectivity index (χ3n) is 3.82. The zero-order valence-electron chi connectivity index (χ0n) is 12.6. The topological polar surface area (TPSA) is 41.8 Å². The molecular weight excluding hydrogens is 272 g/mol. The Labute approximate surface area is 130 Å². The van der Waals surface area contributed by atoms with Gasteiger partial charge in [-0.15, -0.1) is 0 Å². The highest BCUT2D eigenvalue weighted by atomic mass is 16.1. The van der Waals surface area contributed by atoms with Crippen LogP contribution in [0.3, 0.4) is 0 Å².